The van der Waals surface area contributed by atoms with Crippen LogP contribution in [0.1, 0.15) is 36.7 Å². The minimum Gasteiger partial charge on any atom is -0.444 e. The smallest absolute Gasteiger partial charge is 0.211 e. The van der Waals surface area contributed by atoms with Crippen molar-refractivity contribution < 1.29 is 9.52 Å². The van der Waals surface area contributed by atoms with Crippen molar-refractivity contribution in [3.63, 3.8) is 0 Å². The fourth-order valence-electron chi connectivity index (χ4n) is 1.68. The average Bonchev–Trinajstić information content (AvgIpc) is 3.02. The standard InChI is InChI=1S/C12H19N5O2/c1-9-6-14-12(19-9)10(2)13-7-11-8-17(16-15-11)4-3-5-18/h6,8,10,13,18H,3-5,7H2,1-2H3. The molecule has 0 aliphatic heterocycles. The molecule has 0 saturated heterocycles. The molecule has 0 aromatic carbocycles. The molecule has 2 aromatic heterocycles. The van der Waals surface area contributed by atoms with E-state index in [-0.39, 0.29) is 12.6 Å². The second-order valence-corrected chi connectivity index (χ2v) is 4.46. The van der Waals surface area contributed by atoms with E-state index in [2.05, 4.69) is 20.6 Å². The minimum absolute atomic E-state index is 0.0243. The molecule has 7 heteroatoms. The van der Waals surface area contributed by atoms with Gasteiger partial charge < -0.3 is 14.8 Å². The third kappa shape index (κ3) is 3.87. The number of rotatable bonds is 7. The zero-order valence-electron chi connectivity index (χ0n) is 11.2. The lowest BCUT2D eigenvalue weighted by Crippen LogP contribution is -2.18. The number of aromatic nitrogens is 4. The second kappa shape index (κ2) is 6.44. The SMILES string of the molecule is Cc1cnc(C(C)NCc2cn(CCCO)nn2)o1. The summed E-state index contributed by atoms with van der Waals surface area (Å²) in [5.41, 5.74) is 0.855. The topological polar surface area (TPSA) is 89.0 Å². The maximum atomic E-state index is 8.75. The number of hydrogen-bond acceptors (Lipinski definition) is 6. The van der Waals surface area contributed by atoms with Crippen molar-refractivity contribution >= 4 is 0 Å². The van der Waals surface area contributed by atoms with Crippen molar-refractivity contribution in [2.24, 2.45) is 0 Å². The zero-order chi connectivity index (χ0) is 13.7. The molecule has 2 rings (SSSR count). The van der Waals surface area contributed by atoms with E-state index in [1.807, 2.05) is 20.0 Å². The van der Waals surface area contributed by atoms with Crippen LogP contribution in [-0.2, 0) is 13.1 Å². The van der Waals surface area contributed by atoms with Gasteiger partial charge in [-0.3, -0.25) is 4.68 Å². The Kier molecular flexibility index (Phi) is 4.64. The van der Waals surface area contributed by atoms with Crippen molar-refractivity contribution in [3.05, 3.63) is 29.7 Å². The molecule has 2 N–H and O–H groups in total. The van der Waals surface area contributed by atoms with Crippen LogP contribution in [0.5, 0.6) is 0 Å². The summed E-state index contributed by atoms with van der Waals surface area (Å²) in [7, 11) is 0. The number of oxazole rings is 1. The van der Waals surface area contributed by atoms with E-state index in [1.165, 1.54) is 0 Å². The Morgan fingerprint density at radius 1 is 1.53 bits per heavy atom. The number of nitrogens with one attached hydrogen (secondary N) is 1. The molecule has 0 aliphatic carbocycles. The van der Waals surface area contributed by atoms with Crippen LogP contribution in [0.2, 0.25) is 0 Å². The van der Waals surface area contributed by atoms with E-state index in [9.17, 15) is 0 Å². The van der Waals surface area contributed by atoms with Gasteiger partial charge in [-0.2, -0.15) is 0 Å². The molecule has 0 saturated carbocycles. The Morgan fingerprint density at radius 2 is 2.37 bits per heavy atom. The van der Waals surface area contributed by atoms with Gasteiger partial charge in [0.1, 0.15) is 5.76 Å². The highest BCUT2D eigenvalue weighted by Crippen LogP contribution is 2.12. The molecular formula is C12H19N5O2. The van der Waals surface area contributed by atoms with Crippen LogP contribution >= 0.6 is 0 Å². The molecule has 2 heterocycles. The molecule has 7 nitrogen and oxygen atoms in total. The van der Waals surface area contributed by atoms with E-state index >= 15 is 0 Å². The van der Waals surface area contributed by atoms with E-state index in [4.69, 9.17) is 9.52 Å². The summed E-state index contributed by atoms with van der Waals surface area (Å²) < 4.78 is 7.18. The van der Waals surface area contributed by atoms with E-state index < -0.39 is 0 Å². The maximum Gasteiger partial charge on any atom is 0.211 e. The summed E-state index contributed by atoms with van der Waals surface area (Å²) in [6.45, 7) is 5.30. The summed E-state index contributed by atoms with van der Waals surface area (Å²) in [5.74, 6) is 1.48. The van der Waals surface area contributed by atoms with Gasteiger partial charge >= 0.3 is 0 Å². The fraction of sp³-hybridized carbons (Fsp3) is 0.583. The summed E-state index contributed by atoms with van der Waals surface area (Å²) >= 11 is 0. The molecule has 0 aliphatic rings. The molecule has 104 valence electrons. The van der Waals surface area contributed by atoms with Crippen molar-refractivity contribution in [1.82, 2.24) is 25.3 Å². The summed E-state index contributed by atoms with van der Waals surface area (Å²) in [5, 5.41) is 20.1. The highest BCUT2D eigenvalue weighted by atomic mass is 16.4. The lowest BCUT2D eigenvalue weighted by atomic mass is 10.3. The van der Waals surface area contributed by atoms with Gasteiger partial charge in [0.25, 0.3) is 0 Å². The molecule has 19 heavy (non-hydrogen) atoms. The first kappa shape index (κ1) is 13.7. The van der Waals surface area contributed by atoms with Crippen LogP contribution in [0.25, 0.3) is 0 Å². The third-order valence-corrected chi connectivity index (χ3v) is 2.73. The Balaban J connectivity index is 1.83. The van der Waals surface area contributed by atoms with Gasteiger partial charge in [-0.25, -0.2) is 4.98 Å². The van der Waals surface area contributed by atoms with E-state index in [1.54, 1.807) is 10.9 Å². The minimum atomic E-state index is 0.0243. The van der Waals surface area contributed by atoms with Gasteiger partial charge in [-0.15, -0.1) is 5.10 Å². The number of aliphatic hydroxyl groups excluding tert-OH is 1. The summed E-state index contributed by atoms with van der Waals surface area (Å²) in [6, 6.07) is 0.0243. The highest BCUT2D eigenvalue weighted by molar-refractivity contribution is 4.97. The normalized spacial score (nSPS) is 12.8. The van der Waals surface area contributed by atoms with Crippen molar-refractivity contribution in [1.29, 1.82) is 0 Å². The fourth-order valence-corrected chi connectivity index (χ4v) is 1.68. The zero-order valence-corrected chi connectivity index (χ0v) is 11.2. The first-order valence-electron chi connectivity index (χ1n) is 6.34. The third-order valence-electron chi connectivity index (χ3n) is 2.73. The predicted molar refractivity (Wildman–Crippen MR) is 68.2 cm³/mol. The van der Waals surface area contributed by atoms with E-state index in [0.29, 0.717) is 25.4 Å². The van der Waals surface area contributed by atoms with Gasteiger partial charge in [-0.1, -0.05) is 5.21 Å². The number of nitrogens with zero attached hydrogens (tertiary/aromatic N) is 4. The Hall–Kier alpha value is -1.73. The molecule has 0 bridgehead atoms. The first-order chi connectivity index (χ1) is 9.19. The molecule has 1 atom stereocenters. The number of aryl methyl sites for hydroxylation is 2. The highest BCUT2D eigenvalue weighted by Gasteiger charge is 2.11. The van der Waals surface area contributed by atoms with Gasteiger partial charge in [0.15, 0.2) is 0 Å². The Labute approximate surface area is 111 Å². The van der Waals surface area contributed by atoms with Crippen LogP contribution in [0, 0.1) is 6.92 Å². The van der Waals surface area contributed by atoms with Gasteiger partial charge in [0.2, 0.25) is 5.89 Å². The molecular weight excluding hydrogens is 246 g/mol. The predicted octanol–water partition coefficient (Wildman–Crippen LogP) is 0.808. The number of hydrogen-bond donors (Lipinski definition) is 2. The van der Waals surface area contributed by atoms with Crippen LogP contribution < -0.4 is 5.32 Å². The van der Waals surface area contributed by atoms with Crippen LogP contribution in [0.4, 0.5) is 0 Å². The Morgan fingerprint density at radius 3 is 3.05 bits per heavy atom. The van der Waals surface area contributed by atoms with Crippen molar-refractivity contribution in [3.8, 4) is 0 Å². The van der Waals surface area contributed by atoms with Gasteiger partial charge in [0, 0.05) is 25.9 Å². The summed E-state index contributed by atoms with van der Waals surface area (Å²) in [6.07, 6.45) is 4.26. The average molecular weight is 265 g/mol. The van der Waals surface area contributed by atoms with Crippen LogP contribution in [0.3, 0.4) is 0 Å². The largest absolute Gasteiger partial charge is 0.444 e. The Bertz CT molecular complexity index is 508. The van der Waals surface area contributed by atoms with Crippen molar-refractivity contribution in [2.75, 3.05) is 6.61 Å². The molecule has 0 fully saturated rings. The molecule has 0 amide bonds. The van der Waals surface area contributed by atoms with E-state index in [0.717, 1.165) is 11.5 Å². The van der Waals surface area contributed by atoms with Gasteiger partial charge in [0.05, 0.1) is 17.9 Å². The number of aliphatic hydroxyl groups is 1. The maximum absolute atomic E-state index is 8.75. The second-order valence-electron chi connectivity index (χ2n) is 4.46. The quantitative estimate of drug-likeness (QED) is 0.770. The monoisotopic (exact) mass is 265 g/mol. The molecule has 2 aromatic rings. The lowest BCUT2D eigenvalue weighted by molar-refractivity contribution is 0.276. The molecule has 1 unspecified atom stereocenters. The molecule has 0 radical (unpaired) electrons. The van der Waals surface area contributed by atoms with Crippen LogP contribution in [-0.4, -0.2) is 31.7 Å². The lowest BCUT2D eigenvalue weighted by Gasteiger charge is -2.07. The first-order valence-corrected chi connectivity index (χ1v) is 6.34. The van der Waals surface area contributed by atoms with Crippen molar-refractivity contribution in [2.45, 2.75) is 39.4 Å². The summed E-state index contributed by atoms with van der Waals surface area (Å²) in [4.78, 5) is 4.18. The van der Waals surface area contributed by atoms with Gasteiger partial charge in [-0.05, 0) is 20.3 Å². The van der Waals surface area contributed by atoms with Crippen LogP contribution in [0.15, 0.2) is 16.8 Å². The molecule has 0 spiro atoms.